The predicted molar refractivity (Wildman–Crippen MR) is 113 cm³/mol. The van der Waals surface area contributed by atoms with Crippen LogP contribution in [-0.4, -0.2) is 34.8 Å². The van der Waals surface area contributed by atoms with Crippen molar-refractivity contribution in [2.45, 2.75) is 25.2 Å². The number of benzene rings is 1. The van der Waals surface area contributed by atoms with Gasteiger partial charge in [0.2, 0.25) is 5.95 Å². The van der Waals surface area contributed by atoms with E-state index in [1.165, 1.54) is 35.0 Å². The van der Waals surface area contributed by atoms with Gasteiger partial charge in [0.05, 0.1) is 5.69 Å². The highest BCUT2D eigenvalue weighted by Crippen LogP contribution is 2.57. The summed E-state index contributed by atoms with van der Waals surface area (Å²) < 4.78 is 0. The van der Waals surface area contributed by atoms with Crippen LogP contribution in [0, 0.1) is 6.92 Å². The third-order valence-corrected chi connectivity index (χ3v) is 7.08. The van der Waals surface area contributed by atoms with E-state index in [1.54, 1.807) is 0 Å². The van der Waals surface area contributed by atoms with Crippen molar-refractivity contribution in [3.05, 3.63) is 60.0 Å². The minimum absolute atomic E-state index is 0.115. The lowest BCUT2D eigenvalue weighted by Crippen LogP contribution is -2.21. The number of pyridine rings is 1. The van der Waals surface area contributed by atoms with Crippen molar-refractivity contribution in [1.82, 2.24) is 15.0 Å². The van der Waals surface area contributed by atoms with Crippen molar-refractivity contribution in [1.29, 1.82) is 0 Å². The van der Waals surface area contributed by atoms with Gasteiger partial charge < -0.3 is 4.90 Å². The van der Waals surface area contributed by atoms with E-state index >= 15 is 0 Å². The van der Waals surface area contributed by atoms with Crippen molar-refractivity contribution in [3.8, 4) is 11.3 Å². The van der Waals surface area contributed by atoms with Gasteiger partial charge in [-0.3, -0.25) is 4.98 Å². The molecule has 1 aromatic carbocycles. The number of aryl methyl sites for hydroxylation is 1. The van der Waals surface area contributed by atoms with Crippen LogP contribution in [0.15, 0.2) is 48.9 Å². The van der Waals surface area contributed by atoms with Gasteiger partial charge in [-0.05, 0) is 67.7 Å². The zero-order chi connectivity index (χ0) is 18.6. The first-order valence-corrected chi connectivity index (χ1v) is 11.6. The first-order valence-electron chi connectivity index (χ1n) is 9.40. The molecule has 2 aliphatic rings. The lowest BCUT2D eigenvalue weighted by Gasteiger charge is -2.19. The molecule has 1 saturated carbocycles. The number of anilines is 2. The van der Waals surface area contributed by atoms with Gasteiger partial charge in [-0.2, -0.15) is 0 Å². The second kappa shape index (κ2) is 6.10. The standard InChI is InChI=1S/C22H23N4P/c1-15-6-9-23-19(10-15)16-12-24-21(25-13-16)26-14-22(7-8-22)18-5-4-17(27(2)3)11-20(18)26/h4-6,9-13H,7-8,14H2,1-3H3. The minimum atomic E-state index is -0.115. The zero-order valence-electron chi connectivity index (χ0n) is 16.0. The fourth-order valence-corrected chi connectivity index (χ4v) is 4.74. The molecule has 0 N–H and O–H groups in total. The summed E-state index contributed by atoms with van der Waals surface area (Å²) in [6, 6.07) is 11.1. The monoisotopic (exact) mass is 374 g/mol. The summed E-state index contributed by atoms with van der Waals surface area (Å²) in [7, 11) is -0.115. The molecule has 1 spiro atoms. The molecule has 0 radical (unpaired) electrons. The summed E-state index contributed by atoms with van der Waals surface area (Å²) >= 11 is 0. The Morgan fingerprint density at radius 1 is 1.00 bits per heavy atom. The van der Waals surface area contributed by atoms with Crippen molar-refractivity contribution in [2.75, 3.05) is 24.8 Å². The minimum Gasteiger partial charge on any atom is -0.309 e. The molecule has 0 amide bonds. The molecule has 3 heterocycles. The number of rotatable bonds is 3. The summed E-state index contributed by atoms with van der Waals surface area (Å²) in [6.07, 6.45) is 8.18. The van der Waals surface area contributed by atoms with Crippen LogP contribution in [-0.2, 0) is 5.41 Å². The van der Waals surface area contributed by atoms with E-state index in [2.05, 4.69) is 54.4 Å². The Morgan fingerprint density at radius 3 is 2.44 bits per heavy atom. The molecule has 136 valence electrons. The molecule has 0 bridgehead atoms. The van der Waals surface area contributed by atoms with E-state index in [0.717, 1.165) is 23.8 Å². The third kappa shape index (κ3) is 2.83. The van der Waals surface area contributed by atoms with Crippen LogP contribution in [0.4, 0.5) is 11.6 Å². The molecule has 5 heteroatoms. The Hall–Kier alpha value is -2.32. The van der Waals surface area contributed by atoms with Crippen LogP contribution in [0.2, 0.25) is 0 Å². The fraction of sp³-hybridized carbons (Fsp3) is 0.318. The normalized spacial score (nSPS) is 16.8. The van der Waals surface area contributed by atoms with E-state index in [9.17, 15) is 0 Å². The molecule has 0 atom stereocenters. The second-order valence-corrected chi connectivity index (χ2v) is 10.3. The summed E-state index contributed by atoms with van der Waals surface area (Å²) in [5.41, 5.74) is 6.20. The highest BCUT2D eigenvalue weighted by molar-refractivity contribution is 7.64. The summed E-state index contributed by atoms with van der Waals surface area (Å²) in [5, 5.41) is 1.44. The Kier molecular flexibility index (Phi) is 3.80. The van der Waals surface area contributed by atoms with E-state index in [0.29, 0.717) is 5.41 Å². The third-order valence-electron chi connectivity index (χ3n) is 5.77. The molecule has 1 aliphatic carbocycles. The molecule has 5 rings (SSSR count). The van der Waals surface area contributed by atoms with Crippen molar-refractivity contribution >= 4 is 24.9 Å². The molecule has 4 nitrogen and oxygen atoms in total. The predicted octanol–water partition coefficient (Wildman–Crippen LogP) is 4.40. The highest BCUT2D eigenvalue weighted by atomic mass is 31.1. The SMILES string of the molecule is Cc1ccnc(-c2cnc(N3CC4(CC4)c4ccc(P(C)C)cc43)nc2)c1. The summed E-state index contributed by atoms with van der Waals surface area (Å²) in [6.45, 7) is 7.69. The smallest absolute Gasteiger partial charge is 0.229 e. The van der Waals surface area contributed by atoms with Crippen molar-refractivity contribution < 1.29 is 0 Å². The van der Waals surface area contributed by atoms with Gasteiger partial charge in [0.1, 0.15) is 0 Å². The maximum atomic E-state index is 4.71. The topological polar surface area (TPSA) is 41.9 Å². The van der Waals surface area contributed by atoms with Crippen LogP contribution in [0.3, 0.4) is 0 Å². The molecule has 0 unspecified atom stereocenters. The quantitative estimate of drug-likeness (QED) is 0.638. The average molecular weight is 374 g/mol. The number of fused-ring (bicyclic) bond motifs is 2. The van der Waals surface area contributed by atoms with Crippen molar-refractivity contribution in [3.63, 3.8) is 0 Å². The van der Waals surface area contributed by atoms with Crippen LogP contribution in [0.1, 0.15) is 24.0 Å². The van der Waals surface area contributed by atoms with E-state index < -0.39 is 0 Å². The summed E-state index contributed by atoms with van der Waals surface area (Å²) in [5.74, 6) is 0.796. The first kappa shape index (κ1) is 16.8. The Balaban J connectivity index is 1.52. The van der Waals surface area contributed by atoms with Crippen LogP contribution >= 0.6 is 7.92 Å². The van der Waals surface area contributed by atoms with Crippen LogP contribution < -0.4 is 10.2 Å². The van der Waals surface area contributed by atoms with Gasteiger partial charge in [-0.25, -0.2) is 9.97 Å². The molecule has 0 saturated heterocycles. The maximum absolute atomic E-state index is 4.71. The van der Waals surface area contributed by atoms with Crippen LogP contribution in [0.25, 0.3) is 11.3 Å². The second-order valence-electron chi connectivity index (χ2n) is 7.95. The van der Waals surface area contributed by atoms with Gasteiger partial charge in [0, 0.05) is 41.8 Å². The Morgan fingerprint density at radius 2 is 1.78 bits per heavy atom. The van der Waals surface area contributed by atoms with Gasteiger partial charge in [-0.1, -0.05) is 20.1 Å². The van der Waals surface area contributed by atoms with Gasteiger partial charge in [0.15, 0.2) is 0 Å². The Bertz CT molecular complexity index is 1010. The lowest BCUT2D eigenvalue weighted by atomic mass is 9.99. The average Bonchev–Trinajstić information content (AvgIpc) is 3.39. The number of aromatic nitrogens is 3. The van der Waals surface area contributed by atoms with Gasteiger partial charge >= 0.3 is 0 Å². The zero-order valence-corrected chi connectivity index (χ0v) is 16.9. The van der Waals surface area contributed by atoms with Crippen LogP contribution in [0.5, 0.6) is 0 Å². The fourth-order valence-electron chi connectivity index (χ4n) is 3.99. The lowest BCUT2D eigenvalue weighted by molar-refractivity contribution is 0.735. The maximum Gasteiger partial charge on any atom is 0.229 e. The van der Waals surface area contributed by atoms with Crippen molar-refractivity contribution in [2.24, 2.45) is 0 Å². The molecule has 27 heavy (non-hydrogen) atoms. The number of hydrogen-bond donors (Lipinski definition) is 0. The molecule has 3 aromatic rings. The molecule has 1 aliphatic heterocycles. The van der Waals surface area contributed by atoms with Gasteiger partial charge in [-0.15, -0.1) is 0 Å². The molecular weight excluding hydrogens is 351 g/mol. The highest BCUT2D eigenvalue weighted by Gasteiger charge is 2.52. The number of nitrogens with zero attached hydrogens (tertiary/aromatic N) is 4. The number of hydrogen-bond acceptors (Lipinski definition) is 4. The molecule has 1 fully saturated rings. The van der Waals surface area contributed by atoms with Gasteiger partial charge in [0.25, 0.3) is 0 Å². The summed E-state index contributed by atoms with van der Waals surface area (Å²) in [4.78, 5) is 16.2. The van der Waals surface area contributed by atoms with E-state index in [4.69, 9.17) is 9.97 Å². The molecular formula is C22H23N4P. The largest absolute Gasteiger partial charge is 0.309 e. The first-order chi connectivity index (χ1) is 13.1. The van der Waals surface area contributed by atoms with E-state index in [-0.39, 0.29) is 7.92 Å². The molecule has 2 aromatic heterocycles. The van der Waals surface area contributed by atoms with E-state index in [1.807, 2.05) is 24.7 Å². The Labute approximate surface area is 161 Å².